The van der Waals surface area contributed by atoms with Gasteiger partial charge in [-0.3, -0.25) is 9.69 Å². The van der Waals surface area contributed by atoms with Crippen LogP contribution < -0.4 is 10.6 Å². The third-order valence-corrected chi connectivity index (χ3v) is 7.68. The molecular formula is C30H33FN6O. The summed E-state index contributed by atoms with van der Waals surface area (Å²) in [5.41, 5.74) is 2.17. The molecular weight excluding hydrogens is 479 g/mol. The van der Waals surface area contributed by atoms with Gasteiger partial charge in [-0.1, -0.05) is 42.5 Å². The molecule has 2 aromatic carbocycles. The van der Waals surface area contributed by atoms with Crippen LogP contribution in [0.5, 0.6) is 0 Å². The highest BCUT2D eigenvalue weighted by molar-refractivity contribution is 5.94. The Labute approximate surface area is 223 Å². The topological polar surface area (TPSA) is 84.3 Å². The van der Waals surface area contributed by atoms with Crippen LogP contribution in [0.4, 0.5) is 10.2 Å². The summed E-state index contributed by atoms with van der Waals surface area (Å²) in [5.74, 6) is 0.0936. The van der Waals surface area contributed by atoms with Gasteiger partial charge in [0.1, 0.15) is 11.6 Å². The van der Waals surface area contributed by atoms with Crippen LogP contribution in [-0.2, 0) is 6.54 Å². The molecule has 2 saturated heterocycles. The number of nitriles is 1. The highest BCUT2D eigenvalue weighted by atomic mass is 19.1. The summed E-state index contributed by atoms with van der Waals surface area (Å²) < 4.78 is 13.2. The zero-order valence-corrected chi connectivity index (χ0v) is 21.4. The van der Waals surface area contributed by atoms with Crippen molar-refractivity contribution in [1.82, 2.24) is 20.1 Å². The molecule has 3 aromatic rings. The molecule has 1 unspecified atom stereocenters. The van der Waals surface area contributed by atoms with E-state index in [-0.39, 0.29) is 17.6 Å². The number of hydrogen-bond acceptors (Lipinski definition) is 6. The zero-order valence-electron chi connectivity index (χ0n) is 21.4. The van der Waals surface area contributed by atoms with Crippen molar-refractivity contribution in [1.29, 1.82) is 5.26 Å². The van der Waals surface area contributed by atoms with Crippen LogP contribution in [0.25, 0.3) is 0 Å². The smallest absolute Gasteiger partial charge is 0.255 e. The first-order valence-corrected chi connectivity index (χ1v) is 13.2. The van der Waals surface area contributed by atoms with Crippen LogP contribution in [0.2, 0.25) is 0 Å². The summed E-state index contributed by atoms with van der Waals surface area (Å²) in [7, 11) is 0. The number of piperazine rings is 1. The lowest BCUT2D eigenvalue weighted by molar-refractivity contribution is 0.0628. The molecule has 2 aliphatic heterocycles. The minimum atomic E-state index is -0.444. The standard InChI is InChI=1S/C30H33FN6O/c31-26-9-6-23(7-10-26)22-36-16-18-37(19-17-36)29(38)25-8-11-28(34-21-25)35-30(12-14-33-15-13-30)27(20-32)24-4-2-1-3-5-24/h1-11,21,27,33H,12-19,22H2,(H,34,35). The van der Waals surface area contributed by atoms with Crippen molar-refractivity contribution in [2.45, 2.75) is 30.8 Å². The summed E-state index contributed by atoms with van der Waals surface area (Å²) >= 11 is 0. The Morgan fingerprint density at radius 1 is 1.03 bits per heavy atom. The van der Waals surface area contributed by atoms with Crippen LogP contribution in [-0.4, -0.2) is 65.5 Å². The van der Waals surface area contributed by atoms with Crippen molar-refractivity contribution in [3.05, 3.63) is 95.4 Å². The third-order valence-electron chi connectivity index (χ3n) is 7.68. The van der Waals surface area contributed by atoms with Gasteiger partial charge in [0.05, 0.1) is 23.1 Å². The number of pyridine rings is 1. The molecule has 196 valence electrons. The van der Waals surface area contributed by atoms with Crippen LogP contribution in [0, 0.1) is 17.1 Å². The number of carbonyl (C=O) groups is 1. The largest absolute Gasteiger partial charge is 0.363 e. The van der Waals surface area contributed by atoms with Gasteiger partial charge in [0, 0.05) is 38.9 Å². The first-order valence-electron chi connectivity index (χ1n) is 13.2. The SMILES string of the molecule is N#CC(c1ccccc1)C1(Nc2ccc(C(=O)N3CCN(Cc4ccc(F)cc4)CC3)cn2)CCNCC1. The number of carbonyl (C=O) groups excluding carboxylic acids is 1. The molecule has 7 nitrogen and oxygen atoms in total. The van der Waals surface area contributed by atoms with Crippen molar-refractivity contribution in [2.24, 2.45) is 0 Å². The lowest BCUT2D eigenvalue weighted by Gasteiger charge is -2.42. The number of rotatable bonds is 7. The number of nitrogens with one attached hydrogen (secondary N) is 2. The van der Waals surface area contributed by atoms with E-state index < -0.39 is 5.54 Å². The Kier molecular flexibility index (Phi) is 7.97. The van der Waals surface area contributed by atoms with E-state index in [0.29, 0.717) is 24.5 Å². The molecule has 0 spiro atoms. The minimum absolute atomic E-state index is 0.0266. The van der Waals surface area contributed by atoms with Gasteiger partial charge < -0.3 is 15.5 Å². The molecule has 5 rings (SSSR count). The molecule has 1 atom stereocenters. The Hall–Kier alpha value is -3.80. The Morgan fingerprint density at radius 2 is 1.74 bits per heavy atom. The number of hydrogen-bond donors (Lipinski definition) is 2. The number of nitrogens with zero attached hydrogens (tertiary/aromatic N) is 4. The number of benzene rings is 2. The average molecular weight is 513 g/mol. The lowest BCUT2D eigenvalue weighted by Crippen LogP contribution is -2.51. The van der Waals surface area contributed by atoms with Crippen molar-refractivity contribution < 1.29 is 9.18 Å². The van der Waals surface area contributed by atoms with Crippen LogP contribution in [0.3, 0.4) is 0 Å². The average Bonchev–Trinajstić information content (AvgIpc) is 2.96. The summed E-state index contributed by atoms with van der Waals surface area (Å²) in [6, 6.07) is 22.7. The maximum absolute atomic E-state index is 13.2. The Morgan fingerprint density at radius 3 is 2.37 bits per heavy atom. The highest BCUT2D eigenvalue weighted by Crippen LogP contribution is 2.37. The van der Waals surface area contributed by atoms with E-state index in [9.17, 15) is 14.4 Å². The first-order chi connectivity index (χ1) is 18.6. The van der Waals surface area contributed by atoms with Gasteiger partial charge >= 0.3 is 0 Å². The summed E-state index contributed by atoms with van der Waals surface area (Å²) in [5, 5.41) is 17.1. The van der Waals surface area contributed by atoms with Gasteiger partial charge in [-0.25, -0.2) is 9.37 Å². The second-order valence-electron chi connectivity index (χ2n) is 10.1. The molecule has 38 heavy (non-hydrogen) atoms. The summed E-state index contributed by atoms with van der Waals surface area (Å²) in [4.78, 5) is 21.9. The van der Waals surface area contributed by atoms with Crippen molar-refractivity contribution in [3.63, 3.8) is 0 Å². The number of amides is 1. The molecule has 0 saturated carbocycles. The fourth-order valence-corrected chi connectivity index (χ4v) is 5.51. The fourth-order valence-electron chi connectivity index (χ4n) is 5.51. The number of aromatic nitrogens is 1. The van der Waals surface area contributed by atoms with E-state index in [4.69, 9.17) is 0 Å². The van der Waals surface area contributed by atoms with E-state index in [1.807, 2.05) is 47.4 Å². The Bertz CT molecular complexity index is 1240. The molecule has 2 N–H and O–H groups in total. The monoisotopic (exact) mass is 512 g/mol. The van der Waals surface area contributed by atoms with E-state index >= 15 is 0 Å². The maximum Gasteiger partial charge on any atom is 0.255 e. The predicted molar refractivity (Wildman–Crippen MR) is 145 cm³/mol. The van der Waals surface area contributed by atoms with E-state index in [1.165, 1.54) is 12.1 Å². The molecule has 0 aliphatic carbocycles. The van der Waals surface area contributed by atoms with E-state index in [2.05, 4.69) is 26.6 Å². The van der Waals surface area contributed by atoms with Crippen molar-refractivity contribution in [2.75, 3.05) is 44.6 Å². The predicted octanol–water partition coefficient (Wildman–Crippen LogP) is 4.02. The molecule has 2 aliphatic rings. The van der Waals surface area contributed by atoms with Gasteiger partial charge in [0.25, 0.3) is 5.91 Å². The molecule has 1 aromatic heterocycles. The molecule has 8 heteroatoms. The first kappa shape index (κ1) is 25.8. The third kappa shape index (κ3) is 5.85. The lowest BCUT2D eigenvalue weighted by atomic mass is 9.74. The minimum Gasteiger partial charge on any atom is -0.363 e. The highest BCUT2D eigenvalue weighted by Gasteiger charge is 2.41. The van der Waals surface area contributed by atoms with Gasteiger partial charge in [-0.15, -0.1) is 0 Å². The van der Waals surface area contributed by atoms with E-state index in [1.54, 1.807) is 18.3 Å². The van der Waals surface area contributed by atoms with Crippen LogP contribution in [0.15, 0.2) is 72.9 Å². The fraction of sp³-hybridized carbons (Fsp3) is 0.367. The van der Waals surface area contributed by atoms with Crippen LogP contribution >= 0.6 is 0 Å². The normalized spacial score (nSPS) is 18.4. The maximum atomic E-state index is 13.2. The zero-order chi connectivity index (χ0) is 26.4. The van der Waals surface area contributed by atoms with Gasteiger partial charge in [-0.2, -0.15) is 5.26 Å². The molecule has 2 fully saturated rings. The van der Waals surface area contributed by atoms with Gasteiger partial charge in [0.15, 0.2) is 0 Å². The second kappa shape index (κ2) is 11.7. The van der Waals surface area contributed by atoms with E-state index in [0.717, 1.165) is 56.7 Å². The van der Waals surface area contributed by atoms with Gasteiger partial charge in [-0.05, 0) is 61.3 Å². The summed E-state index contributed by atoms with van der Waals surface area (Å²) in [6.07, 6.45) is 3.23. The van der Waals surface area contributed by atoms with Crippen molar-refractivity contribution >= 4 is 11.7 Å². The summed E-state index contributed by atoms with van der Waals surface area (Å²) in [6.45, 7) is 5.19. The molecule has 3 heterocycles. The van der Waals surface area contributed by atoms with Crippen molar-refractivity contribution in [3.8, 4) is 6.07 Å². The van der Waals surface area contributed by atoms with Gasteiger partial charge in [0.2, 0.25) is 0 Å². The number of anilines is 1. The molecule has 0 bridgehead atoms. The Balaban J connectivity index is 1.22. The van der Waals surface area contributed by atoms with Crippen LogP contribution in [0.1, 0.15) is 40.2 Å². The molecule has 1 amide bonds. The number of piperidine rings is 1. The number of halogens is 1. The second-order valence-corrected chi connectivity index (χ2v) is 10.1. The quantitative estimate of drug-likeness (QED) is 0.498. The molecule has 0 radical (unpaired) electrons.